The summed E-state index contributed by atoms with van der Waals surface area (Å²) in [4.78, 5) is 14.3. The summed E-state index contributed by atoms with van der Waals surface area (Å²) in [6.07, 6.45) is 3.02. The van der Waals surface area contributed by atoms with Crippen LogP contribution in [0.3, 0.4) is 0 Å². The molecule has 1 aliphatic rings. The SMILES string of the molecule is COc1ccccc1NS(=O)(=O)c1cc(C(=O)N2CCCCC2)ccc1Cl. The summed E-state index contributed by atoms with van der Waals surface area (Å²) < 4.78 is 33.4. The summed E-state index contributed by atoms with van der Waals surface area (Å²) in [6, 6.07) is 11.0. The van der Waals surface area contributed by atoms with Gasteiger partial charge in [0.1, 0.15) is 10.6 Å². The Bertz CT molecular complexity index is 940. The van der Waals surface area contributed by atoms with Gasteiger partial charge in [-0.25, -0.2) is 8.42 Å². The van der Waals surface area contributed by atoms with E-state index in [9.17, 15) is 13.2 Å². The number of sulfonamides is 1. The van der Waals surface area contributed by atoms with Gasteiger partial charge in [-0.05, 0) is 49.6 Å². The molecular formula is C19H21ClN2O4S. The summed E-state index contributed by atoms with van der Waals surface area (Å²) in [5.74, 6) is 0.206. The number of halogens is 1. The first-order chi connectivity index (χ1) is 12.9. The second-order valence-electron chi connectivity index (χ2n) is 6.30. The zero-order chi connectivity index (χ0) is 19.4. The summed E-state index contributed by atoms with van der Waals surface area (Å²) in [6.45, 7) is 1.37. The van der Waals surface area contributed by atoms with Gasteiger partial charge in [0.05, 0.1) is 17.8 Å². The van der Waals surface area contributed by atoms with Crippen LogP contribution in [-0.2, 0) is 10.0 Å². The number of para-hydroxylation sites is 2. The molecule has 0 unspecified atom stereocenters. The van der Waals surface area contributed by atoms with E-state index in [1.807, 2.05) is 0 Å². The van der Waals surface area contributed by atoms with Crippen LogP contribution < -0.4 is 9.46 Å². The quantitative estimate of drug-likeness (QED) is 0.816. The summed E-state index contributed by atoms with van der Waals surface area (Å²) >= 11 is 6.14. The molecule has 27 heavy (non-hydrogen) atoms. The van der Waals surface area contributed by atoms with Gasteiger partial charge in [-0.3, -0.25) is 9.52 Å². The van der Waals surface area contributed by atoms with Crippen molar-refractivity contribution in [2.75, 3.05) is 24.9 Å². The Kier molecular flexibility index (Phi) is 5.92. The highest BCUT2D eigenvalue weighted by molar-refractivity contribution is 7.92. The molecule has 144 valence electrons. The Morgan fingerprint density at radius 3 is 2.52 bits per heavy atom. The van der Waals surface area contributed by atoms with Gasteiger partial charge >= 0.3 is 0 Å². The monoisotopic (exact) mass is 408 g/mol. The van der Waals surface area contributed by atoms with Gasteiger partial charge in [-0.1, -0.05) is 23.7 Å². The van der Waals surface area contributed by atoms with Crippen LogP contribution in [0.5, 0.6) is 5.75 Å². The number of methoxy groups -OCH3 is 1. The molecule has 0 bridgehead atoms. The molecule has 0 saturated carbocycles. The Labute approximate surface area is 164 Å². The lowest BCUT2D eigenvalue weighted by Gasteiger charge is -2.27. The molecular weight excluding hydrogens is 388 g/mol. The molecule has 1 fully saturated rings. The van der Waals surface area contributed by atoms with Crippen molar-refractivity contribution < 1.29 is 17.9 Å². The van der Waals surface area contributed by atoms with Crippen LogP contribution in [0, 0.1) is 0 Å². The van der Waals surface area contributed by atoms with E-state index in [1.54, 1.807) is 35.2 Å². The van der Waals surface area contributed by atoms with Gasteiger partial charge in [0, 0.05) is 18.7 Å². The van der Waals surface area contributed by atoms with E-state index in [1.165, 1.54) is 19.2 Å². The van der Waals surface area contributed by atoms with Crippen LogP contribution in [-0.4, -0.2) is 39.4 Å². The minimum absolute atomic E-state index is 0.0487. The van der Waals surface area contributed by atoms with Crippen molar-refractivity contribution in [3.8, 4) is 5.75 Å². The standard InChI is InChI=1S/C19H21ClN2O4S/c1-26-17-8-4-3-7-16(17)21-27(24,25)18-13-14(9-10-15(18)20)19(23)22-11-5-2-6-12-22/h3-4,7-10,13,21H,2,5-6,11-12H2,1H3. The molecule has 1 saturated heterocycles. The molecule has 1 aliphatic heterocycles. The number of hydrogen-bond donors (Lipinski definition) is 1. The minimum atomic E-state index is -4.00. The molecule has 0 atom stereocenters. The zero-order valence-corrected chi connectivity index (χ0v) is 16.5. The van der Waals surface area contributed by atoms with Crippen molar-refractivity contribution in [1.82, 2.24) is 4.90 Å². The van der Waals surface area contributed by atoms with Crippen LogP contribution in [0.4, 0.5) is 5.69 Å². The number of benzene rings is 2. The second-order valence-corrected chi connectivity index (χ2v) is 8.36. The Balaban J connectivity index is 1.92. The topological polar surface area (TPSA) is 75.7 Å². The number of likely N-dealkylation sites (tertiary alicyclic amines) is 1. The number of anilines is 1. The number of carbonyl (C=O) groups is 1. The molecule has 3 rings (SSSR count). The smallest absolute Gasteiger partial charge is 0.263 e. The van der Waals surface area contributed by atoms with Gasteiger partial charge in [-0.2, -0.15) is 0 Å². The van der Waals surface area contributed by atoms with Gasteiger partial charge in [-0.15, -0.1) is 0 Å². The summed E-state index contributed by atoms with van der Waals surface area (Å²) in [7, 11) is -2.54. The Morgan fingerprint density at radius 2 is 1.81 bits per heavy atom. The second kappa shape index (κ2) is 8.19. The largest absolute Gasteiger partial charge is 0.495 e. The first-order valence-corrected chi connectivity index (χ1v) is 10.5. The predicted molar refractivity (Wildman–Crippen MR) is 105 cm³/mol. The van der Waals surface area contributed by atoms with Crippen molar-refractivity contribution in [3.05, 3.63) is 53.1 Å². The molecule has 1 amide bonds. The highest BCUT2D eigenvalue weighted by Gasteiger charge is 2.24. The minimum Gasteiger partial charge on any atom is -0.495 e. The number of carbonyl (C=O) groups excluding carboxylic acids is 1. The Hall–Kier alpha value is -2.25. The highest BCUT2D eigenvalue weighted by atomic mass is 35.5. The van der Waals surface area contributed by atoms with E-state index in [2.05, 4.69) is 4.72 Å². The maximum Gasteiger partial charge on any atom is 0.263 e. The average molecular weight is 409 g/mol. The molecule has 0 spiro atoms. The maximum absolute atomic E-state index is 12.9. The number of hydrogen-bond acceptors (Lipinski definition) is 4. The lowest BCUT2D eigenvalue weighted by molar-refractivity contribution is 0.0724. The molecule has 0 aliphatic carbocycles. The van der Waals surface area contributed by atoms with E-state index in [0.29, 0.717) is 30.1 Å². The lowest BCUT2D eigenvalue weighted by atomic mass is 10.1. The van der Waals surface area contributed by atoms with Gasteiger partial charge < -0.3 is 9.64 Å². The van der Waals surface area contributed by atoms with Crippen LogP contribution in [0.2, 0.25) is 5.02 Å². The average Bonchev–Trinajstić information content (AvgIpc) is 2.68. The van der Waals surface area contributed by atoms with Crippen molar-refractivity contribution in [1.29, 1.82) is 0 Å². The number of ether oxygens (including phenoxy) is 1. The van der Waals surface area contributed by atoms with E-state index in [4.69, 9.17) is 16.3 Å². The van der Waals surface area contributed by atoms with Crippen LogP contribution in [0.25, 0.3) is 0 Å². The molecule has 1 N–H and O–H groups in total. The first-order valence-electron chi connectivity index (χ1n) is 8.67. The lowest BCUT2D eigenvalue weighted by Crippen LogP contribution is -2.35. The van der Waals surface area contributed by atoms with Crippen LogP contribution >= 0.6 is 11.6 Å². The van der Waals surface area contributed by atoms with Gasteiger partial charge in [0.15, 0.2) is 0 Å². The molecule has 2 aromatic rings. The van der Waals surface area contributed by atoms with Gasteiger partial charge in [0.25, 0.3) is 15.9 Å². The molecule has 2 aromatic carbocycles. The fraction of sp³-hybridized carbons (Fsp3) is 0.316. The third kappa shape index (κ3) is 4.36. The zero-order valence-electron chi connectivity index (χ0n) is 14.9. The molecule has 0 radical (unpaired) electrons. The molecule has 8 heteroatoms. The third-order valence-electron chi connectivity index (χ3n) is 4.46. The first kappa shape index (κ1) is 19.5. The third-order valence-corrected chi connectivity index (χ3v) is 6.31. The van der Waals surface area contributed by atoms with E-state index < -0.39 is 10.0 Å². The fourth-order valence-corrected chi connectivity index (χ4v) is 4.65. The van der Waals surface area contributed by atoms with E-state index in [-0.39, 0.29) is 15.8 Å². The van der Waals surface area contributed by atoms with Crippen LogP contribution in [0.1, 0.15) is 29.6 Å². The maximum atomic E-state index is 12.9. The predicted octanol–water partition coefficient (Wildman–Crippen LogP) is 3.78. The van der Waals surface area contributed by atoms with E-state index >= 15 is 0 Å². The fourth-order valence-electron chi connectivity index (χ4n) is 3.05. The highest BCUT2D eigenvalue weighted by Crippen LogP contribution is 2.29. The van der Waals surface area contributed by atoms with Crippen LogP contribution in [0.15, 0.2) is 47.4 Å². The van der Waals surface area contributed by atoms with E-state index in [0.717, 1.165) is 19.3 Å². The number of piperidine rings is 1. The van der Waals surface area contributed by atoms with Crippen molar-refractivity contribution in [2.45, 2.75) is 24.2 Å². The number of nitrogens with zero attached hydrogens (tertiary/aromatic N) is 1. The van der Waals surface area contributed by atoms with Crippen molar-refractivity contribution >= 4 is 33.2 Å². The number of rotatable bonds is 5. The molecule has 6 nitrogen and oxygen atoms in total. The molecule has 1 heterocycles. The van der Waals surface area contributed by atoms with Crippen molar-refractivity contribution in [3.63, 3.8) is 0 Å². The van der Waals surface area contributed by atoms with Crippen molar-refractivity contribution in [2.24, 2.45) is 0 Å². The number of nitrogens with one attached hydrogen (secondary N) is 1. The summed E-state index contributed by atoms with van der Waals surface area (Å²) in [5.41, 5.74) is 0.602. The Morgan fingerprint density at radius 1 is 1.11 bits per heavy atom. The normalized spacial score (nSPS) is 14.7. The van der Waals surface area contributed by atoms with Gasteiger partial charge in [0.2, 0.25) is 0 Å². The number of amides is 1. The summed E-state index contributed by atoms with van der Waals surface area (Å²) in [5, 5.41) is 0.0487. The molecule has 0 aromatic heterocycles.